The molecule has 0 aliphatic carbocycles. The van der Waals surface area contributed by atoms with Crippen molar-refractivity contribution < 1.29 is 19.4 Å². The van der Waals surface area contributed by atoms with Crippen LogP contribution in [0.1, 0.15) is 22.7 Å². The number of ether oxygens (including phenoxy) is 1. The van der Waals surface area contributed by atoms with Crippen molar-refractivity contribution in [2.45, 2.75) is 13.0 Å². The van der Waals surface area contributed by atoms with Gasteiger partial charge in [0.1, 0.15) is 5.76 Å². The molecule has 3 rings (SSSR count). The van der Waals surface area contributed by atoms with Gasteiger partial charge >= 0.3 is 0 Å². The molecule has 1 aliphatic heterocycles. The number of pyridine rings is 1. The van der Waals surface area contributed by atoms with Gasteiger partial charge in [-0.3, -0.25) is 14.6 Å². The number of carbonyl (C=O) groups is 2. The molecule has 2 heterocycles. The Bertz CT molecular complexity index is 844. The van der Waals surface area contributed by atoms with Crippen LogP contribution in [0.2, 0.25) is 0 Å². The molecule has 0 saturated carbocycles. The number of aromatic nitrogens is 1. The zero-order valence-electron chi connectivity index (χ0n) is 14.7. The molecule has 6 nitrogen and oxygen atoms in total. The molecule has 1 saturated heterocycles. The van der Waals surface area contributed by atoms with Gasteiger partial charge in [-0.15, -0.1) is 0 Å². The van der Waals surface area contributed by atoms with E-state index < -0.39 is 17.7 Å². The van der Waals surface area contributed by atoms with E-state index in [2.05, 4.69) is 4.98 Å². The number of methoxy groups -OCH3 is 1. The normalized spacial score (nSPS) is 19.2. The number of nitrogens with zero attached hydrogens (tertiary/aromatic N) is 2. The summed E-state index contributed by atoms with van der Waals surface area (Å²) in [4.78, 5) is 30.7. The lowest BCUT2D eigenvalue weighted by Gasteiger charge is -2.24. The van der Waals surface area contributed by atoms with Crippen LogP contribution in [0.5, 0.6) is 0 Å². The molecule has 0 bridgehead atoms. The number of aliphatic hydroxyl groups is 1. The van der Waals surface area contributed by atoms with Gasteiger partial charge in [-0.1, -0.05) is 35.9 Å². The van der Waals surface area contributed by atoms with E-state index in [4.69, 9.17) is 4.74 Å². The third kappa shape index (κ3) is 3.23. The summed E-state index contributed by atoms with van der Waals surface area (Å²) < 4.78 is 5.07. The van der Waals surface area contributed by atoms with Crippen molar-refractivity contribution in [3.8, 4) is 0 Å². The summed E-state index contributed by atoms with van der Waals surface area (Å²) in [6.07, 6.45) is 3.21. The lowest BCUT2D eigenvalue weighted by molar-refractivity contribution is -0.140. The summed E-state index contributed by atoms with van der Waals surface area (Å²) in [7, 11) is 1.53. The summed E-state index contributed by atoms with van der Waals surface area (Å²) >= 11 is 0. The fraction of sp³-hybridized carbons (Fsp3) is 0.250. The van der Waals surface area contributed by atoms with E-state index in [-0.39, 0.29) is 24.5 Å². The van der Waals surface area contributed by atoms with Crippen LogP contribution < -0.4 is 0 Å². The van der Waals surface area contributed by atoms with Crippen molar-refractivity contribution in [2.24, 2.45) is 0 Å². The Morgan fingerprint density at radius 2 is 1.96 bits per heavy atom. The van der Waals surface area contributed by atoms with Crippen LogP contribution in [-0.4, -0.2) is 46.9 Å². The molecule has 1 amide bonds. The van der Waals surface area contributed by atoms with Gasteiger partial charge in [0.25, 0.3) is 11.7 Å². The van der Waals surface area contributed by atoms with Gasteiger partial charge in [0.05, 0.1) is 18.2 Å². The van der Waals surface area contributed by atoms with Crippen LogP contribution in [0, 0.1) is 6.92 Å². The molecule has 6 heteroatoms. The number of carbonyl (C=O) groups excluding carboxylic acids is 2. The number of likely N-dealkylation sites (tertiary alicyclic amines) is 1. The summed E-state index contributed by atoms with van der Waals surface area (Å²) in [6.45, 7) is 2.46. The van der Waals surface area contributed by atoms with E-state index in [1.165, 1.54) is 12.0 Å². The van der Waals surface area contributed by atoms with Gasteiger partial charge in [-0.2, -0.15) is 0 Å². The highest BCUT2D eigenvalue weighted by molar-refractivity contribution is 6.46. The van der Waals surface area contributed by atoms with Crippen LogP contribution in [0.25, 0.3) is 5.76 Å². The number of ketones is 1. The van der Waals surface area contributed by atoms with Crippen LogP contribution >= 0.6 is 0 Å². The number of Topliss-reactive ketones (excluding diaryl/α,β-unsaturated/α-hetero) is 1. The maximum atomic E-state index is 12.7. The maximum absolute atomic E-state index is 12.7. The first-order chi connectivity index (χ1) is 12.5. The number of rotatable bonds is 5. The van der Waals surface area contributed by atoms with E-state index in [1.807, 2.05) is 19.1 Å². The largest absolute Gasteiger partial charge is 0.507 e. The average Bonchev–Trinajstić information content (AvgIpc) is 2.91. The lowest BCUT2D eigenvalue weighted by Crippen LogP contribution is -2.32. The van der Waals surface area contributed by atoms with Gasteiger partial charge in [0.15, 0.2) is 0 Å². The molecule has 1 N–H and O–H groups in total. The number of aryl methyl sites for hydroxylation is 1. The molecule has 1 aliphatic rings. The summed E-state index contributed by atoms with van der Waals surface area (Å²) in [5.74, 6) is -1.53. The Hall–Kier alpha value is -2.99. The summed E-state index contributed by atoms with van der Waals surface area (Å²) in [5, 5.41) is 10.8. The molecular formula is C20H20N2O4. The predicted molar refractivity (Wildman–Crippen MR) is 96.3 cm³/mol. The van der Waals surface area contributed by atoms with Gasteiger partial charge in [-0.25, -0.2) is 0 Å². The molecule has 0 spiro atoms. The Morgan fingerprint density at radius 1 is 1.23 bits per heavy atom. The Morgan fingerprint density at radius 3 is 2.58 bits per heavy atom. The number of benzene rings is 1. The summed E-state index contributed by atoms with van der Waals surface area (Å²) in [6, 6.07) is 9.97. The van der Waals surface area contributed by atoms with Crippen molar-refractivity contribution in [1.29, 1.82) is 0 Å². The van der Waals surface area contributed by atoms with Gasteiger partial charge in [0, 0.05) is 31.6 Å². The Balaban J connectivity index is 2.14. The third-order valence-corrected chi connectivity index (χ3v) is 4.40. The van der Waals surface area contributed by atoms with Crippen LogP contribution in [-0.2, 0) is 14.3 Å². The zero-order chi connectivity index (χ0) is 18.7. The van der Waals surface area contributed by atoms with Gasteiger partial charge in [-0.05, 0) is 18.6 Å². The molecule has 1 aromatic heterocycles. The maximum Gasteiger partial charge on any atom is 0.295 e. The molecular weight excluding hydrogens is 332 g/mol. The third-order valence-electron chi connectivity index (χ3n) is 4.40. The van der Waals surface area contributed by atoms with E-state index in [9.17, 15) is 14.7 Å². The van der Waals surface area contributed by atoms with E-state index in [1.54, 1.807) is 36.7 Å². The van der Waals surface area contributed by atoms with Gasteiger partial charge < -0.3 is 14.7 Å². The van der Waals surface area contributed by atoms with E-state index >= 15 is 0 Å². The minimum Gasteiger partial charge on any atom is -0.507 e. The fourth-order valence-electron chi connectivity index (χ4n) is 3.05. The molecule has 26 heavy (non-hydrogen) atoms. The minimum absolute atomic E-state index is 0.0722. The molecule has 0 radical (unpaired) electrons. The van der Waals surface area contributed by atoms with Crippen molar-refractivity contribution in [2.75, 3.05) is 20.3 Å². The molecule has 134 valence electrons. The second-order valence-corrected chi connectivity index (χ2v) is 6.14. The minimum atomic E-state index is -0.701. The van der Waals surface area contributed by atoms with Gasteiger partial charge in [0.2, 0.25) is 0 Å². The topological polar surface area (TPSA) is 79.7 Å². The highest BCUT2D eigenvalue weighted by atomic mass is 16.5. The summed E-state index contributed by atoms with van der Waals surface area (Å²) in [5.41, 5.74) is 2.26. The number of hydrogen-bond donors (Lipinski definition) is 1. The standard InChI is InChI=1S/C20H20N2O4/c1-13-5-7-14(8-6-13)18(23)16-17(15-4-3-9-21-12-15)22(10-11-26-2)20(25)19(16)24/h3-9,12,17,23H,10-11H2,1-2H3/t17-/m1/s1. The predicted octanol–water partition coefficient (Wildman–Crippen LogP) is 2.46. The molecule has 2 aromatic rings. The monoisotopic (exact) mass is 352 g/mol. The average molecular weight is 352 g/mol. The highest BCUT2D eigenvalue weighted by Crippen LogP contribution is 2.38. The van der Waals surface area contributed by atoms with Crippen molar-refractivity contribution in [1.82, 2.24) is 9.88 Å². The SMILES string of the molecule is COCCN1C(=O)C(=O)C(=C(O)c2ccc(C)cc2)[C@H]1c1cccnc1. The highest BCUT2D eigenvalue weighted by Gasteiger charge is 2.45. The van der Waals surface area contributed by atoms with E-state index in [0.29, 0.717) is 11.1 Å². The van der Waals surface area contributed by atoms with Crippen molar-refractivity contribution in [3.63, 3.8) is 0 Å². The lowest BCUT2D eigenvalue weighted by atomic mass is 9.96. The fourth-order valence-corrected chi connectivity index (χ4v) is 3.05. The Labute approximate surface area is 151 Å². The molecule has 1 fully saturated rings. The number of hydrogen-bond acceptors (Lipinski definition) is 5. The molecule has 0 unspecified atom stereocenters. The van der Waals surface area contributed by atoms with Crippen molar-refractivity contribution in [3.05, 3.63) is 71.1 Å². The quantitative estimate of drug-likeness (QED) is 0.508. The molecule has 1 atom stereocenters. The zero-order valence-corrected chi connectivity index (χ0v) is 14.7. The second kappa shape index (κ2) is 7.49. The first-order valence-corrected chi connectivity index (χ1v) is 8.29. The van der Waals surface area contributed by atoms with Crippen LogP contribution in [0.3, 0.4) is 0 Å². The first-order valence-electron chi connectivity index (χ1n) is 8.29. The number of aliphatic hydroxyl groups excluding tert-OH is 1. The first kappa shape index (κ1) is 17.8. The van der Waals surface area contributed by atoms with E-state index in [0.717, 1.165) is 5.56 Å². The second-order valence-electron chi connectivity index (χ2n) is 6.14. The van der Waals surface area contributed by atoms with Crippen molar-refractivity contribution >= 4 is 17.4 Å². The van der Waals surface area contributed by atoms with Crippen LogP contribution in [0.4, 0.5) is 0 Å². The molecule has 1 aromatic carbocycles. The Kier molecular flexibility index (Phi) is 5.14. The smallest absolute Gasteiger partial charge is 0.295 e. The number of amides is 1. The van der Waals surface area contributed by atoms with Crippen LogP contribution in [0.15, 0.2) is 54.4 Å².